The van der Waals surface area contributed by atoms with Gasteiger partial charge in [0, 0.05) is 5.56 Å². The first kappa shape index (κ1) is 10.4. The maximum absolute atomic E-state index is 5.61. The van der Waals surface area contributed by atoms with E-state index in [2.05, 4.69) is 11.4 Å². The van der Waals surface area contributed by atoms with E-state index in [1.807, 2.05) is 37.3 Å². The minimum atomic E-state index is 0.261. The highest BCUT2D eigenvalue weighted by molar-refractivity contribution is 5.39. The number of hydrogen-bond acceptors (Lipinski definition) is 3. The number of rotatable bonds is 3. The van der Waals surface area contributed by atoms with E-state index < -0.39 is 0 Å². The lowest BCUT2D eigenvalue weighted by Gasteiger charge is -2.09. The van der Waals surface area contributed by atoms with E-state index in [-0.39, 0.29) is 6.04 Å². The molecule has 2 aromatic rings. The highest BCUT2D eigenvalue weighted by Crippen LogP contribution is 2.31. The summed E-state index contributed by atoms with van der Waals surface area (Å²) < 4.78 is 11.1. The number of benzene rings is 1. The molecule has 1 aromatic carbocycles. The topological polar surface area (TPSA) is 34.4 Å². The minimum absolute atomic E-state index is 0.261. The van der Waals surface area contributed by atoms with Crippen molar-refractivity contribution in [2.24, 2.45) is 0 Å². The zero-order valence-electron chi connectivity index (χ0n) is 9.77. The van der Waals surface area contributed by atoms with Crippen molar-refractivity contribution >= 4 is 0 Å². The third-order valence-corrected chi connectivity index (χ3v) is 3.02. The second-order valence-corrected chi connectivity index (χ2v) is 4.29. The Kier molecular flexibility index (Phi) is 2.61. The Balaban J connectivity index is 1.68. The molecule has 17 heavy (non-hydrogen) atoms. The number of ether oxygens (including phenoxy) is 1. The van der Waals surface area contributed by atoms with Crippen molar-refractivity contribution in [2.45, 2.75) is 19.5 Å². The molecule has 0 spiro atoms. The van der Waals surface area contributed by atoms with Gasteiger partial charge in [-0.15, -0.1) is 0 Å². The summed E-state index contributed by atoms with van der Waals surface area (Å²) in [4.78, 5) is 0. The van der Waals surface area contributed by atoms with Crippen molar-refractivity contribution in [3.8, 4) is 5.75 Å². The summed E-state index contributed by atoms with van der Waals surface area (Å²) in [5, 5.41) is 3.45. The summed E-state index contributed by atoms with van der Waals surface area (Å²) in [6.07, 6.45) is 0. The second kappa shape index (κ2) is 4.26. The summed E-state index contributed by atoms with van der Waals surface area (Å²) in [5.41, 5.74) is 1.23. The van der Waals surface area contributed by atoms with Gasteiger partial charge in [-0.2, -0.15) is 0 Å². The number of nitrogens with one attached hydrogen (secondary N) is 1. The first-order chi connectivity index (χ1) is 8.33. The number of aryl methyl sites for hydroxylation is 1. The van der Waals surface area contributed by atoms with Gasteiger partial charge in [-0.05, 0) is 25.1 Å². The van der Waals surface area contributed by atoms with Crippen LogP contribution in [0, 0.1) is 6.92 Å². The number of hydrogen-bond donors (Lipinski definition) is 1. The molecule has 0 saturated heterocycles. The van der Waals surface area contributed by atoms with Gasteiger partial charge in [0.15, 0.2) is 0 Å². The molecule has 1 aliphatic rings. The van der Waals surface area contributed by atoms with Gasteiger partial charge in [0.1, 0.15) is 23.9 Å². The van der Waals surface area contributed by atoms with Gasteiger partial charge < -0.3 is 9.15 Å². The number of para-hydroxylation sites is 1. The molecule has 1 N–H and O–H groups in total. The number of furan rings is 1. The zero-order chi connectivity index (χ0) is 11.7. The van der Waals surface area contributed by atoms with E-state index >= 15 is 0 Å². The second-order valence-electron chi connectivity index (χ2n) is 4.29. The summed E-state index contributed by atoms with van der Waals surface area (Å²) >= 11 is 0. The fraction of sp³-hybridized carbons (Fsp3) is 0.286. The summed E-state index contributed by atoms with van der Waals surface area (Å²) in [5.74, 6) is 2.90. The maximum atomic E-state index is 5.61. The molecule has 0 bridgehead atoms. The van der Waals surface area contributed by atoms with Crippen LogP contribution in [-0.4, -0.2) is 6.61 Å². The Labute approximate surface area is 100 Å². The Bertz CT molecular complexity index is 518. The predicted octanol–water partition coefficient (Wildman–Crippen LogP) is 2.81. The van der Waals surface area contributed by atoms with Crippen molar-refractivity contribution in [3.63, 3.8) is 0 Å². The van der Waals surface area contributed by atoms with E-state index in [0.717, 1.165) is 23.8 Å². The molecule has 1 unspecified atom stereocenters. The van der Waals surface area contributed by atoms with Gasteiger partial charge in [-0.3, -0.25) is 5.32 Å². The van der Waals surface area contributed by atoms with Gasteiger partial charge >= 0.3 is 0 Å². The van der Waals surface area contributed by atoms with Crippen molar-refractivity contribution in [1.82, 2.24) is 5.32 Å². The predicted molar refractivity (Wildman–Crippen MR) is 65.0 cm³/mol. The molecule has 3 rings (SSSR count). The summed E-state index contributed by atoms with van der Waals surface area (Å²) in [6, 6.07) is 12.4. The lowest BCUT2D eigenvalue weighted by molar-refractivity contribution is 0.306. The highest BCUT2D eigenvalue weighted by Gasteiger charge is 2.22. The molecule has 88 valence electrons. The smallest absolute Gasteiger partial charge is 0.124 e. The van der Waals surface area contributed by atoms with Crippen molar-refractivity contribution in [2.75, 3.05) is 6.61 Å². The van der Waals surface area contributed by atoms with Crippen LogP contribution in [0.5, 0.6) is 5.75 Å². The molecule has 1 aliphatic heterocycles. The van der Waals surface area contributed by atoms with Crippen LogP contribution < -0.4 is 10.1 Å². The van der Waals surface area contributed by atoms with Gasteiger partial charge in [-0.25, -0.2) is 0 Å². The monoisotopic (exact) mass is 229 g/mol. The molecule has 0 amide bonds. The molecular weight excluding hydrogens is 214 g/mol. The maximum Gasteiger partial charge on any atom is 0.124 e. The van der Waals surface area contributed by atoms with Crippen LogP contribution in [0.1, 0.15) is 23.1 Å². The fourth-order valence-corrected chi connectivity index (χ4v) is 2.14. The fourth-order valence-electron chi connectivity index (χ4n) is 2.14. The largest absolute Gasteiger partial charge is 0.491 e. The number of fused-ring (bicyclic) bond motifs is 1. The average Bonchev–Trinajstić information content (AvgIpc) is 2.93. The molecule has 1 atom stereocenters. The Morgan fingerprint density at radius 3 is 2.94 bits per heavy atom. The van der Waals surface area contributed by atoms with Crippen LogP contribution in [0.3, 0.4) is 0 Å². The Morgan fingerprint density at radius 2 is 2.12 bits per heavy atom. The molecule has 0 aliphatic carbocycles. The van der Waals surface area contributed by atoms with Crippen molar-refractivity contribution < 1.29 is 9.15 Å². The first-order valence-electron chi connectivity index (χ1n) is 5.83. The first-order valence-corrected chi connectivity index (χ1v) is 5.83. The van der Waals surface area contributed by atoms with Crippen LogP contribution in [-0.2, 0) is 6.54 Å². The van der Waals surface area contributed by atoms with Crippen LogP contribution in [0.4, 0.5) is 0 Å². The van der Waals surface area contributed by atoms with Gasteiger partial charge in [0.2, 0.25) is 0 Å². The van der Waals surface area contributed by atoms with Crippen LogP contribution in [0.15, 0.2) is 40.8 Å². The highest BCUT2D eigenvalue weighted by atomic mass is 16.5. The molecule has 1 aromatic heterocycles. The normalized spacial score (nSPS) is 17.8. The Hall–Kier alpha value is -1.74. The van der Waals surface area contributed by atoms with Crippen LogP contribution in [0.2, 0.25) is 0 Å². The quantitative estimate of drug-likeness (QED) is 0.878. The molecule has 0 radical (unpaired) electrons. The summed E-state index contributed by atoms with van der Waals surface area (Å²) in [6.45, 7) is 3.38. The third-order valence-electron chi connectivity index (χ3n) is 3.02. The Morgan fingerprint density at radius 1 is 1.24 bits per heavy atom. The van der Waals surface area contributed by atoms with E-state index in [9.17, 15) is 0 Å². The molecule has 0 saturated carbocycles. The third kappa shape index (κ3) is 2.06. The molecular formula is C14H15NO2. The van der Waals surface area contributed by atoms with Gasteiger partial charge in [0.05, 0.1) is 12.6 Å². The van der Waals surface area contributed by atoms with Gasteiger partial charge in [0.25, 0.3) is 0 Å². The van der Waals surface area contributed by atoms with Crippen LogP contribution >= 0.6 is 0 Å². The average molecular weight is 229 g/mol. The van der Waals surface area contributed by atoms with Gasteiger partial charge in [-0.1, -0.05) is 18.2 Å². The van der Waals surface area contributed by atoms with Crippen molar-refractivity contribution in [3.05, 3.63) is 53.5 Å². The lowest BCUT2D eigenvalue weighted by atomic mass is 10.1. The van der Waals surface area contributed by atoms with E-state index in [0.29, 0.717) is 6.61 Å². The molecule has 3 nitrogen and oxygen atoms in total. The van der Waals surface area contributed by atoms with Crippen LogP contribution in [0.25, 0.3) is 0 Å². The minimum Gasteiger partial charge on any atom is -0.491 e. The van der Waals surface area contributed by atoms with E-state index in [1.165, 1.54) is 5.56 Å². The zero-order valence-corrected chi connectivity index (χ0v) is 9.77. The summed E-state index contributed by atoms with van der Waals surface area (Å²) in [7, 11) is 0. The molecule has 0 fully saturated rings. The van der Waals surface area contributed by atoms with E-state index in [4.69, 9.17) is 9.15 Å². The van der Waals surface area contributed by atoms with Crippen molar-refractivity contribution in [1.29, 1.82) is 0 Å². The molecule has 2 heterocycles. The SMILES string of the molecule is Cc1ccc(CNC2COc3ccccc32)o1. The van der Waals surface area contributed by atoms with E-state index in [1.54, 1.807) is 0 Å². The lowest BCUT2D eigenvalue weighted by Crippen LogP contribution is -2.21. The standard InChI is InChI=1S/C14H15NO2/c1-10-6-7-11(17-10)8-15-13-9-16-14-5-3-2-4-12(13)14/h2-7,13,15H,8-9H2,1H3. The molecule has 3 heteroatoms.